The second kappa shape index (κ2) is 4.79. The van der Waals surface area contributed by atoms with Crippen LogP contribution in [0.25, 0.3) is 0 Å². The molecule has 0 radical (unpaired) electrons. The van der Waals surface area contributed by atoms with Crippen LogP contribution < -0.4 is 5.73 Å². The monoisotopic (exact) mass is 138 g/mol. The highest BCUT2D eigenvalue weighted by molar-refractivity contribution is 5.72. The summed E-state index contributed by atoms with van der Waals surface area (Å²) in [7, 11) is 0. The van der Waals surface area contributed by atoms with Gasteiger partial charge >= 0.3 is 0 Å². The number of nitrogens with two attached hydrogens (primary N) is 1. The van der Waals surface area contributed by atoms with Gasteiger partial charge in [-0.05, 0) is 12.0 Å². The van der Waals surface area contributed by atoms with Crippen molar-refractivity contribution < 1.29 is 0 Å². The fourth-order valence-electron chi connectivity index (χ4n) is 0.382. The van der Waals surface area contributed by atoms with Crippen LogP contribution in [0, 0.1) is 5.92 Å². The lowest BCUT2D eigenvalue weighted by Crippen LogP contribution is -2.04. The Morgan fingerprint density at radius 1 is 1.60 bits per heavy atom. The smallest absolute Gasteiger partial charge is 0.0284 e. The van der Waals surface area contributed by atoms with Crippen LogP contribution in [0.2, 0.25) is 0 Å². The van der Waals surface area contributed by atoms with Crippen molar-refractivity contribution in [3.8, 4) is 0 Å². The fourth-order valence-corrected chi connectivity index (χ4v) is 0.382. The van der Waals surface area contributed by atoms with Crippen molar-refractivity contribution in [2.24, 2.45) is 16.6 Å². The second-order valence-corrected chi connectivity index (χ2v) is 2.30. The first-order valence-electron chi connectivity index (χ1n) is 3.28. The molecule has 0 aromatic heterocycles. The van der Waals surface area contributed by atoms with Gasteiger partial charge in [0.1, 0.15) is 0 Å². The van der Waals surface area contributed by atoms with Gasteiger partial charge in [-0.3, -0.25) is 4.99 Å². The van der Waals surface area contributed by atoms with Crippen LogP contribution >= 0.6 is 0 Å². The van der Waals surface area contributed by atoms with Gasteiger partial charge in [0.15, 0.2) is 0 Å². The molecule has 0 bridgehead atoms. The Labute approximate surface area is 62.1 Å². The van der Waals surface area contributed by atoms with Gasteiger partial charge in [-0.25, -0.2) is 0 Å². The minimum atomic E-state index is 0.385. The van der Waals surface area contributed by atoms with Crippen molar-refractivity contribution >= 4 is 6.21 Å². The van der Waals surface area contributed by atoms with E-state index in [4.69, 9.17) is 5.73 Å². The highest BCUT2D eigenvalue weighted by Gasteiger charge is 1.92. The Morgan fingerprint density at radius 3 is 2.60 bits per heavy atom. The van der Waals surface area contributed by atoms with Crippen molar-refractivity contribution in [3.63, 3.8) is 0 Å². The topological polar surface area (TPSA) is 38.4 Å². The zero-order valence-corrected chi connectivity index (χ0v) is 6.54. The number of allylic oxidation sites excluding steroid dienone is 2. The van der Waals surface area contributed by atoms with Crippen LogP contribution in [-0.4, -0.2) is 6.21 Å². The third-order valence-corrected chi connectivity index (χ3v) is 1.13. The van der Waals surface area contributed by atoms with E-state index in [-0.39, 0.29) is 0 Å². The van der Waals surface area contributed by atoms with Crippen molar-refractivity contribution in [3.05, 3.63) is 24.6 Å². The molecule has 0 aromatic rings. The summed E-state index contributed by atoms with van der Waals surface area (Å²) in [4.78, 5) is 3.78. The molecular formula is C8H14N2. The quantitative estimate of drug-likeness (QED) is 0.592. The Morgan fingerprint density at radius 2 is 2.20 bits per heavy atom. The maximum Gasteiger partial charge on any atom is 0.0284 e. The first-order valence-corrected chi connectivity index (χ1v) is 3.28. The molecule has 0 amide bonds. The molecule has 0 aromatic carbocycles. The molecule has 0 rings (SSSR count). The summed E-state index contributed by atoms with van der Waals surface area (Å²) in [5, 5.41) is 0. The maximum atomic E-state index is 5.59. The van der Waals surface area contributed by atoms with Crippen molar-refractivity contribution in [2.75, 3.05) is 0 Å². The third kappa shape index (κ3) is 3.89. The number of aliphatic imine (C=N–C) groups is 1. The number of nitrogens with zero attached hydrogens (tertiary/aromatic N) is 1. The van der Waals surface area contributed by atoms with E-state index in [9.17, 15) is 0 Å². The summed E-state index contributed by atoms with van der Waals surface area (Å²) >= 11 is 0. The number of hydrogen-bond acceptors (Lipinski definition) is 2. The molecule has 56 valence electrons. The summed E-state index contributed by atoms with van der Waals surface area (Å²) in [5.41, 5.74) is 6.43. The predicted molar refractivity (Wildman–Crippen MR) is 45.8 cm³/mol. The highest BCUT2D eigenvalue weighted by atomic mass is 14.7. The zero-order chi connectivity index (χ0) is 7.98. The standard InChI is InChI=1S/C8H14N2/c1-4-10-6-5-8(9)7(2)3/h4-7H,1,9H2,2-3H3/b8-5-,10-6?. The molecule has 0 fully saturated rings. The lowest BCUT2D eigenvalue weighted by Gasteiger charge is -2.01. The molecule has 2 nitrogen and oxygen atoms in total. The summed E-state index contributed by atoms with van der Waals surface area (Å²) in [6.45, 7) is 7.50. The van der Waals surface area contributed by atoms with E-state index in [0.29, 0.717) is 5.92 Å². The Kier molecular flexibility index (Phi) is 4.29. The van der Waals surface area contributed by atoms with E-state index in [2.05, 4.69) is 11.6 Å². The van der Waals surface area contributed by atoms with Crippen LogP contribution in [0.5, 0.6) is 0 Å². The molecule has 0 saturated carbocycles. The normalized spacial score (nSPS) is 12.9. The molecule has 0 aliphatic rings. The van der Waals surface area contributed by atoms with Crippen LogP contribution in [0.15, 0.2) is 29.5 Å². The van der Waals surface area contributed by atoms with Gasteiger partial charge in [0.25, 0.3) is 0 Å². The summed E-state index contributed by atoms with van der Waals surface area (Å²) in [6.07, 6.45) is 4.90. The van der Waals surface area contributed by atoms with E-state index in [1.807, 2.05) is 13.8 Å². The molecule has 0 heterocycles. The molecule has 10 heavy (non-hydrogen) atoms. The van der Waals surface area contributed by atoms with E-state index >= 15 is 0 Å². The second-order valence-electron chi connectivity index (χ2n) is 2.30. The van der Waals surface area contributed by atoms with Crippen molar-refractivity contribution in [1.82, 2.24) is 0 Å². The SMILES string of the molecule is C=CN=C/C=C(\N)C(C)C. The van der Waals surface area contributed by atoms with E-state index < -0.39 is 0 Å². The maximum absolute atomic E-state index is 5.59. The number of hydrogen-bond donors (Lipinski definition) is 1. The molecule has 0 saturated heterocycles. The average molecular weight is 138 g/mol. The lowest BCUT2D eigenvalue weighted by molar-refractivity contribution is 0.759. The van der Waals surface area contributed by atoms with Crippen LogP contribution in [0.3, 0.4) is 0 Å². The van der Waals surface area contributed by atoms with Gasteiger partial charge in [0.05, 0.1) is 0 Å². The van der Waals surface area contributed by atoms with Gasteiger partial charge in [-0.1, -0.05) is 20.4 Å². The van der Waals surface area contributed by atoms with Gasteiger partial charge in [0.2, 0.25) is 0 Å². The molecular weight excluding hydrogens is 124 g/mol. The molecule has 2 N–H and O–H groups in total. The third-order valence-electron chi connectivity index (χ3n) is 1.13. The van der Waals surface area contributed by atoms with Crippen molar-refractivity contribution in [2.45, 2.75) is 13.8 Å². The molecule has 0 spiro atoms. The molecule has 0 aliphatic heterocycles. The van der Waals surface area contributed by atoms with E-state index in [1.54, 1.807) is 12.3 Å². The minimum absolute atomic E-state index is 0.385. The predicted octanol–water partition coefficient (Wildman–Crippen LogP) is 1.70. The Balaban J connectivity index is 3.91. The van der Waals surface area contributed by atoms with Crippen LogP contribution in [-0.2, 0) is 0 Å². The first-order chi connectivity index (χ1) is 4.68. The molecule has 0 unspecified atom stereocenters. The summed E-state index contributed by atoms with van der Waals surface area (Å²) in [6, 6.07) is 0. The lowest BCUT2D eigenvalue weighted by atomic mass is 10.1. The van der Waals surface area contributed by atoms with Crippen molar-refractivity contribution in [1.29, 1.82) is 0 Å². The Bertz CT molecular complexity index is 155. The van der Waals surface area contributed by atoms with Gasteiger partial charge in [-0.2, -0.15) is 0 Å². The first kappa shape index (κ1) is 8.95. The highest BCUT2D eigenvalue weighted by Crippen LogP contribution is 1.99. The fraction of sp³-hybridized carbons (Fsp3) is 0.375. The molecule has 0 atom stereocenters. The zero-order valence-electron chi connectivity index (χ0n) is 6.54. The van der Waals surface area contributed by atoms with Gasteiger partial charge in [0, 0.05) is 18.1 Å². The molecule has 0 aliphatic carbocycles. The number of rotatable bonds is 3. The summed E-state index contributed by atoms with van der Waals surface area (Å²) < 4.78 is 0. The Hall–Kier alpha value is -1.05. The van der Waals surface area contributed by atoms with Crippen LogP contribution in [0.1, 0.15) is 13.8 Å². The van der Waals surface area contributed by atoms with E-state index in [1.165, 1.54) is 6.20 Å². The van der Waals surface area contributed by atoms with Crippen LogP contribution in [0.4, 0.5) is 0 Å². The average Bonchev–Trinajstić information content (AvgIpc) is 1.88. The summed E-state index contributed by atoms with van der Waals surface area (Å²) in [5.74, 6) is 0.385. The van der Waals surface area contributed by atoms with Gasteiger partial charge < -0.3 is 5.73 Å². The largest absolute Gasteiger partial charge is 0.402 e. The van der Waals surface area contributed by atoms with Gasteiger partial charge in [-0.15, -0.1) is 0 Å². The minimum Gasteiger partial charge on any atom is -0.402 e. The molecule has 2 heteroatoms. The van der Waals surface area contributed by atoms with E-state index in [0.717, 1.165) is 5.70 Å².